The maximum absolute atomic E-state index is 12.8. The highest BCUT2D eigenvalue weighted by Gasteiger charge is 2.48. The van der Waals surface area contributed by atoms with E-state index in [0.29, 0.717) is 29.2 Å². The number of hydrogen-bond acceptors (Lipinski definition) is 6. The van der Waals surface area contributed by atoms with Crippen LogP contribution in [0, 0.1) is 11.8 Å². The molecule has 8 nitrogen and oxygen atoms in total. The van der Waals surface area contributed by atoms with Gasteiger partial charge in [-0.15, -0.1) is 13.2 Å². The molecule has 196 valence electrons. The second-order valence-electron chi connectivity index (χ2n) is 9.98. The minimum Gasteiger partial charge on any atom is -0.479 e. The van der Waals surface area contributed by atoms with Crippen molar-refractivity contribution in [3.8, 4) is 5.75 Å². The third-order valence-electron chi connectivity index (χ3n) is 7.51. The van der Waals surface area contributed by atoms with E-state index in [1.807, 2.05) is 0 Å². The van der Waals surface area contributed by atoms with Crippen LogP contribution in [-0.2, 0) is 19.1 Å². The van der Waals surface area contributed by atoms with E-state index in [-0.39, 0.29) is 67.4 Å². The Morgan fingerprint density at radius 2 is 1.72 bits per heavy atom. The number of nitrogens with one attached hydrogen (secondary N) is 2. The van der Waals surface area contributed by atoms with Crippen LogP contribution in [0.5, 0.6) is 5.75 Å². The Balaban J connectivity index is 1.03. The van der Waals surface area contributed by atoms with Gasteiger partial charge in [-0.3, -0.25) is 19.1 Å². The molecule has 0 aromatic heterocycles. The molecular weight excluding hydrogens is 505 g/mol. The van der Waals surface area contributed by atoms with Crippen LogP contribution in [0.25, 0.3) is 0 Å². The van der Waals surface area contributed by atoms with Crippen molar-refractivity contribution in [3.05, 3.63) is 28.8 Å². The Bertz CT molecular complexity index is 1050. The van der Waals surface area contributed by atoms with Gasteiger partial charge < -0.3 is 20.1 Å². The molecule has 0 radical (unpaired) electrons. The summed E-state index contributed by atoms with van der Waals surface area (Å²) < 4.78 is 51.6. The molecule has 0 unspecified atom stereocenters. The molecule has 5 rings (SSSR count). The number of alkyl halides is 3. The van der Waals surface area contributed by atoms with Crippen LogP contribution in [0.3, 0.4) is 0 Å². The number of halogens is 4. The Labute approximate surface area is 210 Å². The van der Waals surface area contributed by atoms with Crippen molar-refractivity contribution < 1.29 is 41.8 Å². The molecule has 0 spiro atoms. The lowest BCUT2D eigenvalue weighted by Crippen LogP contribution is -2.50. The molecule has 1 heterocycles. The number of Topliss-reactive ketones (excluding diaryl/α,β-unsaturated/α-hetero) is 1. The van der Waals surface area contributed by atoms with E-state index in [1.165, 1.54) is 6.07 Å². The smallest absolute Gasteiger partial charge is 0.479 e. The second kappa shape index (κ2) is 9.83. The molecule has 36 heavy (non-hydrogen) atoms. The zero-order chi connectivity index (χ0) is 25.6. The first-order valence-corrected chi connectivity index (χ1v) is 12.4. The lowest BCUT2D eigenvalue weighted by Gasteiger charge is -2.35. The average molecular weight is 531 g/mol. The fourth-order valence-corrected chi connectivity index (χ4v) is 5.90. The Hall–Kier alpha value is -2.37. The van der Waals surface area contributed by atoms with Crippen molar-refractivity contribution in [3.63, 3.8) is 0 Å². The van der Waals surface area contributed by atoms with Crippen LogP contribution >= 0.6 is 11.6 Å². The molecule has 2 bridgehead atoms. The maximum Gasteiger partial charge on any atom is 0.522 e. The molecular formula is C24H26ClF3N2O6. The predicted octanol–water partition coefficient (Wildman–Crippen LogP) is 3.16. The highest BCUT2D eigenvalue weighted by molar-refractivity contribution is 6.31. The molecule has 1 aromatic carbocycles. The summed E-state index contributed by atoms with van der Waals surface area (Å²) in [6.45, 7) is -0.211. The highest BCUT2D eigenvalue weighted by atomic mass is 35.5. The van der Waals surface area contributed by atoms with Crippen LogP contribution in [0.2, 0.25) is 5.02 Å². The van der Waals surface area contributed by atoms with Crippen molar-refractivity contribution in [2.45, 2.75) is 75.3 Å². The van der Waals surface area contributed by atoms with Crippen LogP contribution in [0.4, 0.5) is 13.2 Å². The number of fused-ring (bicyclic) bond motifs is 3. The largest absolute Gasteiger partial charge is 0.522 e. The molecule has 2 amide bonds. The van der Waals surface area contributed by atoms with Gasteiger partial charge in [0.05, 0.1) is 24.2 Å². The van der Waals surface area contributed by atoms with Gasteiger partial charge in [0.1, 0.15) is 12.4 Å². The lowest BCUT2D eigenvalue weighted by molar-refractivity contribution is -0.357. The van der Waals surface area contributed by atoms with Gasteiger partial charge in [0.15, 0.2) is 11.9 Å². The normalized spacial score (nSPS) is 32.9. The maximum atomic E-state index is 12.8. The Morgan fingerprint density at radius 3 is 2.39 bits per heavy atom. The Morgan fingerprint density at radius 1 is 1.03 bits per heavy atom. The van der Waals surface area contributed by atoms with Gasteiger partial charge in [-0.05, 0) is 49.3 Å². The summed E-state index contributed by atoms with van der Waals surface area (Å²) in [5.41, 5.74) is 0.376. The fraction of sp³-hybridized carbons (Fsp3) is 0.625. The number of ketones is 1. The van der Waals surface area contributed by atoms with Gasteiger partial charge in [0, 0.05) is 29.9 Å². The monoisotopic (exact) mass is 530 g/mol. The summed E-state index contributed by atoms with van der Waals surface area (Å²) >= 11 is 5.94. The first-order chi connectivity index (χ1) is 17.0. The van der Waals surface area contributed by atoms with Crippen LogP contribution in [-0.4, -0.2) is 61.0 Å². The third kappa shape index (κ3) is 5.63. The molecule has 1 aromatic rings. The summed E-state index contributed by atoms with van der Waals surface area (Å²) in [6.07, 6.45) is -4.45. The number of rotatable bonds is 7. The van der Waals surface area contributed by atoms with Gasteiger partial charge in [0.25, 0.3) is 5.91 Å². The second-order valence-corrected chi connectivity index (χ2v) is 10.4. The molecule has 0 saturated heterocycles. The first-order valence-electron chi connectivity index (χ1n) is 12.0. The summed E-state index contributed by atoms with van der Waals surface area (Å²) in [7, 11) is 0. The predicted molar refractivity (Wildman–Crippen MR) is 119 cm³/mol. The van der Waals surface area contributed by atoms with Gasteiger partial charge in [0.2, 0.25) is 5.91 Å². The topological polar surface area (TPSA) is 103 Å². The number of benzene rings is 1. The molecule has 3 aliphatic carbocycles. The summed E-state index contributed by atoms with van der Waals surface area (Å²) in [5.74, 6) is -0.0806. The van der Waals surface area contributed by atoms with E-state index in [9.17, 15) is 27.6 Å². The number of amides is 2. The molecule has 3 fully saturated rings. The summed E-state index contributed by atoms with van der Waals surface area (Å²) in [4.78, 5) is 37.5. The average Bonchev–Trinajstić information content (AvgIpc) is 3.34. The van der Waals surface area contributed by atoms with E-state index < -0.39 is 24.7 Å². The van der Waals surface area contributed by atoms with E-state index in [1.54, 1.807) is 12.1 Å². The zero-order valence-corrected chi connectivity index (χ0v) is 19.9. The number of carbonyl (C=O) groups excluding carboxylic acids is 3. The number of hydrogen-bond donors (Lipinski definition) is 2. The molecule has 3 saturated carbocycles. The van der Waals surface area contributed by atoms with E-state index >= 15 is 0 Å². The van der Waals surface area contributed by atoms with Crippen molar-refractivity contribution >= 4 is 29.2 Å². The molecule has 4 aliphatic rings. The molecule has 2 N–H and O–H groups in total. The standard InChI is InChI=1S/C24H26ClF3N2O6/c25-13-1-2-20-16(6-13)19(31)9-21(35-20)23(33)30-18-5-11-3-12(18)4-17(11)29-22(32)10-34-14-7-15(8-14)36-24(26,27)28/h1-2,6,11-12,14-15,17-18,21H,3-5,7-10H2,(H,29,32)(H,30,33)/t11-,12-,14?,15?,17+,18+,21+/m0/s1. The van der Waals surface area contributed by atoms with Crippen molar-refractivity contribution in [1.82, 2.24) is 10.6 Å². The van der Waals surface area contributed by atoms with Gasteiger partial charge >= 0.3 is 6.36 Å². The van der Waals surface area contributed by atoms with Crippen LogP contribution < -0.4 is 15.4 Å². The highest BCUT2D eigenvalue weighted by Crippen LogP contribution is 2.45. The molecule has 1 aliphatic heterocycles. The SMILES string of the molecule is O=C(COC1CC(OC(F)(F)F)C1)N[C@@H]1C[C@@H]2C[C@H]1C[C@H]2NC(=O)[C@H]1CC(=O)c2cc(Cl)ccc2O1. The van der Waals surface area contributed by atoms with Gasteiger partial charge in [-0.1, -0.05) is 11.6 Å². The van der Waals surface area contributed by atoms with Crippen LogP contribution in [0.1, 0.15) is 48.9 Å². The van der Waals surface area contributed by atoms with E-state index in [0.717, 1.165) is 6.42 Å². The van der Waals surface area contributed by atoms with Crippen molar-refractivity contribution in [2.24, 2.45) is 11.8 Å². The molecule has 12 heteroatoms. The summed E-state index contributed by atoms with van der Waals surface area (Å²) in [5, 5.41) is 6.40. The zero-order valence-electron chi connectivity index (χ0n) is 19.2. The van der Waals surface area contributed by atoms with Crippen molar-refractivity contribution in [1.29, 1.82) is 0 Å². The number of ether oxygens (including phenoxy) is 3. The Kier molecular flexibility index (Phi) is 6.90. The van der Waals surface area contributed by atoms with E-state index in [4.69, 9.17) is 21.1 Å². The van der Waals surface area contributed by atoms with Gasteiger partial charge in [-0.25, -0.2) is 0 Å². The van der Waals surface area contributed by atoms with Crippen LogP contribution in [0.15, 0.2) is 18.2 Å². The summed E-state index contributed by atoms with van der Waals surface area (Å²) in [6, 6.07) is 4.63. The minimum atomic E-state index is -4.66. The van der Waals surface area contributed by atoms with Crippen molar-refractivity contribution in [2.75, 3.05) is 6.61 Å². The first kappa shape index (κ1) is 25.3. The fourth-order valence-electron chi connectivity index (χ4n) is 5.73. The van der Waals surface area contributed by atoms with Gasteiger partial charge in [-0.2, -0.15) is 0 Å². The molecule has 5 atom stereocenters. The third-order valence-corrected chi connectivity index (χ3v) is 7.74. The quantitative estimate of drug-likeness (QED) is 0.561. The minimum absolute atomic E-state index is 0.0360. The lowest BCUT2D eigenvalue weighted by atomic mass is 9.90. The van der Waals surface area contributed by atoms with E-state index in [2.05, 4.69) is 15.4 Å². The number of carbonyl (C=O) groups is 3.